The number of amides is 4. The van der Waals surface area contributed by atoms with Crippen LogP contribution in [0, 0.1) is 11.8 Å². The third-order valence-electron chi connectivity index (χ3n) is 3.70. The van der Waals surface area contributed by atoms with Gasteiger partial charge >= 0.3 is 12.0 Å². The summed E-state index contributed by atoms with van der Waals surface area (Å²) in [6.45, 7) is 6.46. The molecular formula is C19H27N3O6. The largest absolute Gasteiger partial charge is 0.484 e. The fourth-order valence-corrected chi connectivity index (χ4v) is 2.26. The molecule has 9 nitrogen and oxygen atoms in total. The molecule has 0 aliphatic heterocycles. The first-order valence-electron chi connectivity index (χ1n) is 8.89. The predicted octanol–water partition coefficient (Wildman–Crippen LogP) is 0.969. The molecule has 28 heavy (non-hydrogen) atoms. The summed E-state index contributed by atoms with van der Waals surface area (Å²) >= 11 is 0. The minimum absolute atomic E-state index is 0.281. The molecule has 0 spiro atoms. The van der Waals surface area contributed by atoms with E-state index in [0.29, 0.717) is 5.75 Å². The van der Waals surface area contributed by atoms with Crippen molar-refractivity contribution >= 4 is 23.8 Å². The molecule has 0 radical (unpaired) electrons. The molecule has 154 valence electrons. The normalized spacial score (nSPS) is 12.8. The number of primary amides is 1. The van der Waals surface area contributed by atoms with Crippen molar-refractivity contribution in [2.45, 2.75) is 39.8 Å². The Bertz CT molecular complexity index is 690. The number of nitrogens with two attached hydrogens (primary N) is 1. The molecule has 4 N–H and O–H groups in total. The van der Waals surface area contributed by atoms with E-state index >= 15 is 0 Å². The molecule has 2 atom stereocenters. The fourth-order valence-electron chi connectivity index (χ4n) is 2.26. The Kier molecular flexibility index (Phi) is 8.94. The molecule has 1 aromatic rings. The highest BCUT2D eigenvalue weighted by atomic mass is 16.6. The van der Waals surface area contributed by atoms with Crippen LogP contribution in [0.5, 0.6) is 5.75 Å². The number of ether oxygens (including phenoxy) is 2. The molecular weight excluding hydrogens is 366 g/mol. The molecule has 1 rings (SSSR count). The molecule has 0 bridgehead atoms. The lowest BCUT2D eigenvalue weighted by Gasteiger charge is -2.25. The van der Waals surface area contributed by atoms with E-state index < -0.39 is 41.9 Å². The second-order valence-corrected chi connectivity index (χ2v) is 6.85. The summed E-state index contributed by atoms with van der Waals surface area (Å²) in [5.41, 5.74) is 4.94. The van der Waals surface area contributed by atoms with Gasteiger partial charge in [0.2, 0.25) is 0 Å². The average Bonchev–Trinajstić information content (AvgIpc) is 2.61. The van der Waals surface area contributed by atoms with Gasteiger partial charge in [-0.3, -0.25) is 14.9 Å². The Balaban J connectivity index is 2.72. The van der Waals surface area contributed by atoms with Crippen LogP contribution in [0.3, 0.4) is 0 Å². The number of nitrogens with one attached hydrogen (secondary N) is 2. The van der Waals surface area contributed by atoms with Gasteiger partial charge in [0.1, 0.15) is 11.8 Å². The van der Waals surface area contributed by atoms with Crippen LogP contribution in [0.1, 0.15) is 27.7 Å². The minimum atomic E-state index is -1.22. The van der Waals surface area contributed by atoms with Gasteiger partial charge < -0.3 is 20.5 Å². The number of carbonyl (C=O) groups excluding carboxylic acids is 4. The monoisotopic (exact) mass is 393 g/mol. The zero-order valence-corrected chi connectivity index (χ0v) is 16.4. The first-order valence-corrected chi connectivity index (χ1v) is 8.89. The molecule has 4 amide bonds. The Morgan fingerprint density at radius 1 is 1.00 bits per heavy atom. The number of hydrogen-bond acceptors (Lipinski definition) is 6. The Morgan fingerprint density at radius 3 is 2.11 bits per heavy atom. The van der Waals surface area contributed by atoms with Crippen LogP contribution in [0.2, 0.25) is 0 Å². The highest BCUT2D eigenvalue weighted by molar-refractivity contribution is 5.97. The van der Waals surface area contributed by atoms with E-state index in [-0.39, 0.29) is 12.5 Å². The van der Waals surface area contributed by atoms with E-state index in [4.69, 9.17) is 15.2 Å². The molecule has 0 aliphatic rings. The van der Waals surface area contributed by atoms with Gasteiger partial charge in [0.15, 0.2) is 12.7 Å². The van der Waals surface area contributed by atoms with Crippen molar-refractivity contribution in [2.24, 2.45) is 17.6 Å². The van der Waals surface area contributed by atoms with Crippen molar-refractivity contribution in [3.8, 4) is 5.75 Å². The van der Waals surface area contributed by atoms with Crippen LogP contribution < -0.4 is 21.1 Å². The predicted molar refractivity (Wildman–Crippen MR) is 101 cm³/mol. The number of para-hydroxylation sites is 1. The van der Waals surface area contributed by atoms with Gasteiger partial charge in [0.05, 0.1) is 0 Å². The lowest BCUT2D eigenvalue weighted by atomic mass is 10.0. The highest BCUT2D eigenvalue weighted by Crippen LogP contribution is 2.12. The van der Waals surface area contributed by atoms with Crippen LogP contribution in [0.25, 0.3) is 0 Å². The van der Waals surface area contributed by atoms with Gasteiger partial charge in [-0.25, -0.2) is 9.59 Å². The van der Waals surface area contributed by atoms with E-state index in [9.17, 15) is 19.2 Å². The van der Waals surface area contributed by atoms with Gasteiger partial charge in [0.25, 0.3) is 11.8 Å². The standard InChI is InChI=1S/C19H27N3O6/c1-11(2)15(21-14(23)10-27-13-8-6-5-7-9-13)18(25)28-16(12(3)4)17(24)22-19(20)26/h5-9,11-12,15-16H,10H2,1-4H3,(H,21,23)(H3,20,22,24,26)/t15-,16-/m0/s1. The number of benzene rings is 1. The third-order valence-corrected chi connectivity index (χ3v) is 3.70. The maximum atomic E-state index is 12.5. The summed E-state index contributed by atoms with van der Waals surface area (Å²) in [7, 11) is 0. The van der Waals surface area contributed by atoms with Gasteiger partial charge in [-0.15, -0.1) is 0 Å². The third kappa shape index (κ3) is 7.65. The molecule has 0 saturated heterocycles. The van der Waals surface area contributed by atoms with E-state index in [2.05, 4.69) is 5.32 Å². The molecule has 9 heteroatoms. The number of esters is 1. The summed E-state index contributed by atoms with van der Waals surface area (Å²) in [6.07, 6.45) is -1.22. The molecule has 0 unspecified atom stereocenters. The fraction of sp³-hybridized carbons (Fsp3) is 0.474. The van der Waals surface area contributed by atoms with Crippen molar-refractivity contribution in [3.63, 3.8) is 0 Å². The van der Waals surface area contributed by atoms with Crippen molar-refractivity contribution in [3.05, 3.63) is 30.3 Å². The highest BCUT2D eigenvalue weighted by Gasteiger charge is 2.33. The lowest BCUT2D eigenvalue weighted by Crippen LogP contribution is -2.51. The van der Waals surface area contributed by atoms with Crippen molar-refractivity contribution in [2.75, 3.05) is 6.61 Å². The van der Waals surface area contributed by atoms with Crippen LogP contribution in [-0.4, -0.2) is 42.6 Å². The van der Waals surface area contributed by atoms with Crippen LogP contribution >= 0.6 is 0 Å². The van der Waals surface area contributed by atoms with Crippen LogP contribution in [0.4, 0.5) is 4.79 Å². The quantitative estimate of drug-likeness (QED) is 0.535. The molecule has 0 aliphatic carbocycles. The summed E-state index contributed by atoms with van der Waals surface area (Å²) in [5.74, 6) is -2.32. The minimum Gasteiger partial charge on any atom is -0.484 e. The van der Waals surface area contributed by atoms with Gasteiger partial charge in [0, 0.05) is 0 Å². The van der Waals surface area contributed by atoms with E-state index in [1.165, 1.54) is 0 Å². The molecule has 0 heterocycles. The van der Waals surface area contributed by atoms with Gasteiger partial charge in [-0.05, 0) is 24.0 Å². The average molecular weight is 393 g/mol. The first kappa shape index (κ1) is 22.9. The van der Waals surface area contributed by atoms with Crippen LogP contribution in [-0.2, 0) is 19.1 Å². The second kappa shape index (κ2) is 10.9. The van der Waals surface area contributed by atoms with E-state index in [0.717, 1.165) is 0 Å². The Labute approximate surface area is 163 Å². The van der Waals surface area contributed by atoms with E-state index in [1.54, 1.807) is 52.0 Å². The second-order valence-electron chi connectivity index (χ2n) is 6.85. The molecule has 0 aromatic heterocycles. The molecule has 0 saturated carbocycles. The van der Waals surface area contributed by atoms with Crippen molar-refractivity contribution < 1.29 is 28.7 Å². The molecule has 1 aromatic carbocycles. The lowest BCUT2D eigenvalue weighted by molar-refractivity contribution is -0.162. The summed E-state index contributed by atoms with van der Waals surface area (Å²) in [6, 6.07) is 6.72. The summed E-state index contributed by atoms with van der Waals surface area (Å²) in [5, 5.41) is 4.44. The number of urea groups is 1. The maximum Gasteiger partial charge on any atom is 0.329 e. The SMILES string of the molecule is CC(C)[C@H](NC(=O)COc1ccccc1)C(=O)O[C@H](C(=O)NC(N)=O)C(C)C. The number of hydrogen-bond donors (Lipinski definition) is 3. The van der Waals surface area contributed by atoms with Crippen LogP contribution in [0.15, 0.2) is 30.3 Å². The topological polar surface area (TPSA) is 137 Å². The Hall–Kier alpha value is -3.10. The summed E-state index contributed by atoms with van der Waals surface area (Å²) < 4.78 is 10.6. The molecule has 0 fully saturated rings. The van der Waals surface area contributed by atoms with Gasteiger partial charge in [-0.1, -0.05) is 45.9 Å². The zero-order valence-electron chi connectivity index (χ0n) is 16.4. The first-order chi connectivity index (χ1) is 13.1. The number of carbonyl (C=O) groups is 4. The summed E-state index contributed by atoms with van der Waals surface area (Å²) in [4.78, 5) is 47.6. The van der Waals surface area contributed by atoms with Gasteiger partial charge in [-0.2, -0.15) is 0 Å². The van der Waals surface area contributed by atoms with Crippen molar-refractivity contribution in [1.82, 2.24) is 10.6 Å². The number of imide groups is 1. The maximum absolute atomic E-state index is 12.5. The Morgan fingerprint density at radius 2 is 1.61 bits per heavy atom. The zero-order chi connectivity index (χ0) is 21.3. The van der Waals surface area contributed by atoms with E-state index in [1.807, 2.05) is 11.4 Å². The number of rotatable bonds is 9. The smallest absolute Gasteiger partial charge is 0.329 e. The van der Waals surface area contributed by atoms with Crippen molar-refractivity contribution in [1.29, 1.82) is 0 Å².